The molecule has 1 aliphatic heterocycles. The van der Waals surface area contributed by atoms with Crippen LogP contribution >= 0.6 is 12.4 Å². The molecule has 1 aromatic carbocycles. The van der Waals surface area contributed by atoms with Crippen LogP contribution in [0.5, 0.6) is 5.75 Å². The van der Waals surface area contributed by atoms with Crippen molar-refractivity contribution >= 4 is 18.4 Å². The molecule has 0 saturated carbocycles. The minimum absolute atomic E-state index is 0. The number of aryl methyl sites for hydroxylation is 1. The normalized spacial score (nSPS) is 18.5. The van der Waals surface area contributed by atoms with Crippen LogP contribution in [-0.2, 0) is 24.1 Å². The maximum absolute atomic E-state index is 10.5. The Morgan fingerprint density at radius 1 is 1.17 bits per heavy atom. The average Bonchev–Trinajstić information content (AvgIpc) is 2.95. The van der Waals surface area contributed by atoms with Gasteiger partial charge in [-0.05, 0) is 61.4 Å². The lowest BCUT2D eigenvalue weighted by Crippen LogP contribution is -2.35. The lowest BCUT2D eigenvalue weighted by molar-refractivity contribution is -0.137. The predicted molar refractivity (Wildman–Crippen MR) is 92.8 cm³/mol. The van der Waals surface area contributed by atoms with Crippen LogP contribution in [0.1, 0.15) is 48.8 Å². The summed E-state index contributed by atoms with van der Waals surface area (Å²) in [5, 5.41) is 12.2. The molecule has 0 amide bonds. The monoisotopic (exact) mass is 339 g/mol. The highest BCUT2D eigenvalue weighted by Crippen LogP contribution is 2.32. The summed E-state index contributed by atoms with van der Waals surface area (Å²) < 4.78 is 5.68. The molecule has 0 spiro atoms. The second-order valence-electron chi connectivity index (χ2n) is 6.43. The Kier molecular flexibility index (Phi) is 6.72. The van der Waals surface area contributed by atoms with Crippen molar-refractivity contribution in [1.82, 2.24) is 5.32 Å². The second kappa shape index (κ2) is 8.55. The SMILES string of the molecule is Cl.O=C(O)CCCCCNC1CCc2cc3c(cc2C1)OCC3. The first-order valence-electron chi connectivity index (χ1n) is 8.45. The summed E-state index contributed by atoms with van der Waals surface area (Å²) in [4.78, 5) is 10.5. The van der Waals surface area contributed by atoms with E-state index in [4.69, 9.17) is 9.84 Å². The van der Waals surface area contributed by atoms with Crippen molar-refractivity contribution in [2.75, 3.05) is 13.2 Å². The zero-order valence-corrected chi connectivity index (χ0v) is 14.3. The summed E-state index contributed by atoms with van der Waals surface area (Å²) in [6, 6.07) is 5.14. The number of ether oxygens (including phenoxy) is 1. The van der Waals surface area contributed by atoms with E-state index in [1.165, 1.54) is 23.1 Å². The Morgan fingerprint density at radius 2 is 2.04 bits per heavy atom. The molecule has 23 heavy (non-hydrogen) atoms. The van der Waals surface area contributed by atoms with Gasteiger partial charge in [-0.25, -0.2) is 0 Å². The average molecular weight is 340 g/mol. The molecule has 0 aromatic heterocycles. The molecule has 1 heterocycles. The van der Waals surface area contributed by atoms with E-state index in [1.54, 1.807) is 0 Å². The van der Waals surface area contributed by atoms with E-state index >= 15 is 0 Å². The van der Waals surface area contributed by atoms with Crippen molar-refractivity contribution in [3.8, 4) is 5.75 Å². The summed E-state index contributed by atoms with van der Waals surface area (Å²) >= 11 is 0. The number of aliphatic carboxylic acids is 1. The molecule has 1 aliphatic carbocycles. The van der Waals surface area contributed by atoms with Gasteiger partial charge in [-0.1, -0.05) is 12.5 Å². The van der Waals surface area contributed by atoms with Gasteiger partial charge in [0, 0.05) is 18.9 Å². The molecule has 0 radical (unpaired) electrons. The number of carbonyl (C=O) groups is 1. The second-order valence-corrected chi connectivity index (χ2v) is 6.43. The Balaban J connectivity index is 0.00000192. The Labute approximate surface area is 144 Å². The number of halogens is 1. The third-order valence-electron chi connectivity index (χ3n) is 4.74. The number of fused-ring (bicyclic) bond motifs is 2. The third-order valence-corrected chi connectivity index (χ3v) is 4.74. The smallest absolute Gasteiger partial charge is 0.303 e. The molecule has 0 fully saturated rings. The van der Waals surface area contributed by atoms with Gasteiger partial charge >= 0.3 is 5.97 Å². The molecule has 4 nitrogen and oxygen atoms in total. The Hall–Kier alpha value is -1.26. The number of benzene rings is 1. The van der Waals surface area contributed by atoms with Crippen molar-refractivity contribution in [2.45, 2.75) is 57.4 Å². The first-order valence-corrected chi connectivity index (χ1v) is 8.45. The van der Waals surface area contributed by atoms with Gasteiger partial charge in [-0.15, -0.1) is 12.4 Å². The number of rotatable bonds is 7. The standard InChI is InChI=1S/C18H25NO3.ClH/c20-18(21)4-2-1-3-8-19-16-6-5-13-10-14-7-9-22-17(14)12-15(13)11-16;/h10,12,16,19H,1-9,11H2,(H,20,21);1H. The maximum Gasteiger partial charge on any atom is 0.303 e. The molecule has 0 saturated heterocycles. The molecular formula is C18H26ClNO3. The molecule has 128 valence electrons. The molecule has 1 unspecified atom stereocenters. The molecule has 1 aromatic rings. The highest BCUT2D eigenvalue weighted by molar-refractivity contribution is 5.85. The van der Waals surface area contributed by atoms with Crippen molar-refractivity contribution in [1.29, 1.82) is 0 Å². The van der Waals surface area contributed by atoms with Crippen LogP contribution in [0.25, 0.3) is 0 Å². The van der Waals surface area contributed by atoms with Crippen LogP contribution in [-0.4, -0.2) is 30.3 Å². The van der Waals surface area contributed by atoms with Gasteiger partial charge in [0.2, 0.25) is 0 Å². The van der Waals surface area contributed by atoms with E-state index in [-0.39, 0.29) is 12.4 Å². The Bertz CT molecular complexity index is 547. The summed E-state index contributed by atoms with van der Waals surface area (Å²) in [5.74, 6) is 0.402. The van der Waals surface area contributed by atoms with Crippen molar-refractivity contribution in [3.63, 3.8) is 0 Å². The van der Waals surface area contributed by atoms with E-state index in [1.807, 2.05) is 0 Å². The lowest BCUT2D eigenvalue weighted by Gasteiger charge is -2.26. The molecule has 2 aliphatic rings. The highest BCUT2D eigenvalue weighted by Gasteiger charge is 2.22. The van der Waals surface area contributed by atoms with Crippen LogP contribution in [0.15, 0.2) is 12.1 Å². The van der Waals surface area contributed by atoms with E-state index in [0.29, 0.717) is 12.5 Å². The van der Waals surface area contributed by atoms with E-state index < -0.39 is 5.97 Å². The third kappa shape index (κ3) is 4.85. The quantitative estimate of drug-likeness (QED) is 0.749. The van der Waals surface area contributed by atoms with Gasteiger partial charge in [-0.3, -0.25) is 4.79 Å². The minimum atomic E-state index is -0.688. The molecule has 2 N–H and O–H groups in total. The summed E-state index contributed by atoms with van der Waals surface area (Å²) in [5.41, 5.74) is 4.32. The van der Waals surface area contributed by atoms with Gasteiger partial charge < -0.3 is 15.2 Å². The minimum Gasteiger partial charge on any atom is -0.493 e. The van der Waals surface area contributed by atoms with Gasteiger partial charge in [0.1, 0.15) is 5.75 Å². The summed E-state index contributed by atoms with van der Waals surface area (Å²) in [6.07, 6.45) is 7.62. The van der Waals surface area contributed by atoms with Crippen LogP contribution in [0, 0.1) is 0 Å². The topological polar surface area (TPSA) is 58.6 Å². The largest absolute Gasteiger partial charge is 0.493 e. The fraction of sp³-hybridized carbons (Fsp3) is 0.611. The summed E-state index contributed by atoms with van der Waals surface area (Å²) in [7, 11) is 0. The zero-order valence-electron chi connectivity index (χ0n) is 13.5. The fourth-order valence-corrected chi connectivity index (χ4v) is 3.50. The molecule has 1 atom stereocenters. The zero-order chi connectivity index (χ0) is 15.4. The predicted octanol–water partition coefficient (Wildman–Crippen LogP) is 3.14. The van der Waals surface area contributed by atoms with Crippen LogP contribution in [0.4, 0.5) is 0 Å². The fourth-order valence-electron chi connectivity index (χ4n) is 3.50. The van der Waals surface area contributed by atoms with E-state index in [9.17, 15) is 4.79 Å². The van der Waals surface area contributed by atoms with Crippen LogP contribution < -0.4 is 10.1 Å². The van der Waals surface area contributed by atoms with Gasteiger partial charge in [0.05, 0.1) is 6.61 Å². The lowest BCUT2D eigenvalue weighted by atomic mass is 9.86. The first kappa shape index (κ1) is 18.1. The number of hydrogen-bond acceptors (Lipinski definition) is 3. The number of carboxylic acids is 1. The molecule has 5 heteroatoms. The first-order chi connectivity index (χ1) is 10.7. The van der Waals surface area contributed by atoms with Crippen molar-refractivity contribution in [3.05, 3.63) is 28.8 Å². The number of hydrogen-bond donors (Lipinski definition) is 2. The molecule has 0 bridgehead atoms. The highest BCUT2D eigenvalue weighted by atomic mass is 35.5. The van der Waals surface area contributed by atoms with Gasteiger partial charge in [-0.2, -0.15) is 0 Å². The van der Waals surface area contributed by atoms with Crippen LogP contribution in [0.3, 0.4) is 0 Å². The number of carboxylic acid groups (broad SMARTS) is 1. The van der Waals surface area contributed by atoms with E-state index in [2.05, 4.69) is 17.4 Å². The number of nitrogens with one attached hydrogen (secondary N) is 1. The van der Waals surface area contributed by atoms with Crippen molar-refractivity contribution < 1.29 is 14.6 Å². The van der Waals surface area contributed by atoms with E-state index in [0.717, 1.165) is 57.4 Å². The van der Waals surface area contributed by atoms with Crippen LogP contribution in [0.2, 0.25) is 0 Å². The van der Waals surface area contributed by atoms with Crippen molar-refractivity contribution in [2.24, 2.45) is 0 Å². The maximum atomic E-state index is 10.5. The Morgan fingerprint density at radius 3 is 2.87 bits per heavy atom. The van der Waals surface area contributed by atoms with Gasteiger partial charge in [0.25, 0.3) is 0 Å². The number of unbranched alkanes of at least 4 members (excludes halogenated alkanes) is 2. The summed E-state index contributed by atoms with van der Waals surface area (Å²) in [6.45, 7) is 1.82. The molecule has 3 rings (SSSR count). The van der Waals surface area contributed by atoms with Gasteiger partial charge in [0.15, 0.2) is 0 Å². The molecular weight excluding hydrogens is 314 g/mol.